The molecule has 1 aromatic heterocycles. The molecule has 0 aromatic carbocycles. The number of aryl methyl sites for hydroxylation is 2. The Morgan fingerprint density at radius 1 is 1.54 bits per heavy atom. The van der Waals surface area contributed by atoms with E-state index in [4.69, 9.17) is 4.74 Å². The first kappa shape index (κ1) is 8.22. The summed E-state index contributed by atoms with van der Waals surface area (Å²) in [6.45, 7) is 4.14. The Bertz CT molecular complexity index is 345. The summed E-state index contributed by atoms with van der Waals surface area (Å²) < 4.78 is 6.50. The lowest BCUT2D eigenvalue weighted by Crippen LogP contribution is -2.16. The third-order valence-corrected chi connectivity index (χ3v) is 2.11. The highest BCUT2D eigenvalue weighted by molar-refractivity contribution is 5.75. The Hall–Kier alpha value is -1.39. The Kier molecular flexibility index (Phi) is 1.79. The van der Waals surface area contributed by atoms with Gasteiger partial charge in [-0.25, -0.2) is 14.5 Å². The molecule has 2 rings (SSSR count). The molecule has 1 aliphatic heterocycles. The summed E-state index contributed by atoms with van der Waals surface area (Å²) >= 11 is 0. The Balaban J connectivity index is 2.34. The fourth-order valence-electron chi connectivity index (χ4n) is 1.54. The van der Waals surface area contributed by atoms with Crippen LogP contribution in [0.25, 0.3) is 0 Å². The van der Waals surface area contributed by atoms with Gasteiger partial charge in [0.1, 0.15) is 11.6 Å². The predicted molar refractivity (Wildman–Crippen MR) is 44.1 cm³/mol. The molecule has 1 atom stereocenters. The quantitative estimate of drug-likeness (QED) is 0.588. The van der Waals surface area contributed by atoms with Gasteiger partial charge in [-0.1, -0.05) is 0 Å². The maximum atomic E-state index is 11.2. The predicted octanol–water partition coefficient (Wildman–Crippen LogP) is 0.383. The van der Waals surface area contributed by atoms with Crippen LogP contribution < -0.4 is 0 Å². The van der Waals surface area contributed by atoms with E-state index in [1.807, 2.05) is 13.8 Å². The van der Waals surface area contributed by atoms with Crippen molar-refractivity contribution in [3.63, 3.8) is 0 Å². The molecule has 0 radical (unpaired) electrons. The zero-order chi connectivity index (χ0) is 9.42. The molecule has 1 fully saturated rings. The summed E-state index contributed by atoms with van der Waals surface area (Å²) in [5.74, 6) is 1.26. The van der Waals surface area contributed by atoms with E-state index in [0.29, 0.717) is 18.9 Å². The first-order valence-electron chi connectivity index (χ1n) is 4.25. The lowest BCUT2D eigenvalue weighted by molar-refractivity contribution is -0.140. The Morgan fingerprint density at radius 2 is 2.31 bits per heavy atom. The molecular formula is C8H11N3O2. The van der Waals surface area contributed by atoms with Crippen LogP contribution in [0.2, 0.25) is 0 Å². The smallest absolute Gasteiger partial charge is 0.331 e. The van der Waals surface area contributed by atoms with Crippen molar-refractivity contribution in [2.45, 2.75) is 26.3 Å². The van der Waals surface area contributed by atoms with Gasteiger partial charge in [-0.3, -0.25) is 0 Å². The number of carbonyl (C=O) groups excluding carboxylic acids is 1. The van der Waals surface area contributed by atoms with Gasteiger partial charge < -0.3 is 4.74 Å². The first-order chi connectivity index (χ1) is 6.18. The van der Waals surface area contributed by atoms with Crippen LogP contribution in [0.1, 0.15) is 24.1 Å². The summed E-state index contributed by atoms with van der Waals surface area (Å²) in [5, 5.41) is 4.15. The molecule has 13 heavy (non-hydrogen) atoms. The minimum atomic E-state index is -0.263. The van der Waals surface area contributed by atoms with Crippen LogP contribution in [0.3, 0.4) is 0 Å². The van der Waals surface area contributed by atoms with Crippen LogP contribution in [0.4, 0.5) is 0 Å². The minimum absolute atomic E-state index is 0.201. The van der Waals surface area contributed by atoms with E-state index in [0.717, 1.165) is 5.82 Å². The molecule has 5 nitrogen and oxygen atoms in total. The van der Waals surface area contributed by atoms with E-state index in [9.17, 15) is 4.79 Å². The number of aromatic nitrogens is 3. The Morgan fingerprint density at radius 3 is 2.77 bits per heavy atom. The van der Waals surface area contributed by atoms with Crippen molar-refractivity contribution < 1.29 is 9.53 Å². The van der Waals surface area contributed by atoms with Crippen molar-refractivity contribution in [2.75, 3.05) is 6.61 Å². The molecule has 1 aliphatic rings. The molecule has 0 spiro atoms. The number of hydrogen-bond acceptors (Lipinski definition) is 4. The number of nitrogens with zero attached hydrogens (tertiary/aromatic N) is 3. The van der Waals surface area contributed by atoms with E-state index < -0.39 is 0 Å². The SMILES string of the molecule is Cc1nc(C)n(C2CCOC2=O)n1. The third kappa shape index (κ3) is 1.30. The van der Waals surface area contributed by atoms with Gasteiger partial charge in [0.2, 0.25) is 0 Å². The van der Waals surface area contributed by atoms with Crippen molar-refractivity contribution in [3.05, 3.63) is 11.6 Å². The summed E-state index contributed by atoms with van der Waals surface area (Å²) in [6, 6.07) is -0.263. The van der Waals surface area contributed by atoms with Crippen molar-refractivity contribution >= 4 is 5.97 Å². The van der Waals surface area contributed by atoms with Crippen LogP contribution in [0.5, 0.6) is 0 Å². The lowest BCUT2D eigenvalue weighted by atomic mass is 10.2. The van der Waals surface area contributed by atoms with Gasteiger partial charge in [-0.2, -0.15) is 5.10 Å². The van der Waals surface area contributed by atoms with E-state index in [1.54, 1.807) is 4.68 Å². The highest BCUT2D eigenvalue weighted by Gasteiger charge is 2.30. The van der Waals surface area contributed by atoms with E-state index in [-0.39, 0.29) is 12.0 Å². The third-order valence-electron chi connectivity index (χ3n) is 2.11. The van der Waals surface area contributed by atoms with Crippen molar-refractivity contribution in [1.29, 1.82) is 0 Å². The zero-order valence-electron chi connectivity index (χ0n) is 7.65. The number of hydrogen-bond donors (Lipinski definition) is 0. The molecule has 0 N–H and O–H groups in total. The molecule has 1 unspecified atom stereocenters. The van der Waals surface area contributed by atoms with Gasteiger partial charge in [0, 0.05) is 6.42 Å². The second-order valence-corrected chi connectivity index (χ2v) is 3.12. The topological polar surface area (TPSA) is 57.0 Å². The van der Waals surface area contributed by atoms with E-state index in [2.05, 4.69) is 10.1 Å². The van der Waals surface area contributed by atoms with Gasteiger partial charge in [-0.05, 0) is 13.8 Å². The molecule has 0 saturated carbocycles. The standard InChI is InChI=1S/C8H11N3O2/c1-5-9-6(2)11(10-5)7-3-4-13-8(7)12/h7H,3-4H2,1-2H3. The largest absolute Gasteiger partial charge is 0.464 e. The maximum Gasteiger partial charge on any atom is 0.331 e. The molecule has 1 aromatic rings. The van der Waals surface area contributed by atoms with E-state index in [1.165, 1.54) is 0 Å². The van der Waals surface area contributed by atoms with Gasteiger partial charge in [0.15, 0.2) is 6.04 Å². The molecule has 70 valence electrons. The number of cyclic esters (lactones) is 1. The molecular weight excluding hydrogens is 170 g/mol. The van der Waals surface area contributed by atoms with Gasteiger partial charge in [0.25, 0.3) is 0 Å². The molecule has 1 saturated heterocycles. The van der Waals surface area contributed by atoms with Gasteiger partial charge in [0.05, 0.1) is 6.61 Å². The number of carbonyl (C=O) groups is 1. The van der Waals surface area contributed by atoms with Crippen molar-refractivity contribution in [1.82, 2.24) is 14.8 Å². The fraction of sp³-hybridized carbons (Fsp3) is 0.625. The molecule has 0 amide bonds. The van der Waals surface area contributed by atoms with Crippen LogP contribution in [-0.4, -0.2) is 27.3 Å². The van der Waals surface area contributed by atoms with Gasteiger partial charge in [-0.15, -0.1) is 0 Å². The monoisotopic (exact) mass is 181 g/mol. The number of ether oxygens (including phenoxy) is 1. The normalized spacial score (nSPS) is 22.0. The summed E-state index contributed by atoms with van der Waals surface area (Å²) in [7, 11) is 0. The highest BCUT2D eigenvalue weighted by atomic mass is 16.5. The second-order valence-electron chi connectivity index (χ2n) is 3.12. The van der Waals surface area contributed by atoms with Crippen molar-refractivity contribution in [3.8, 4) is 0 Å². The van der Waals surface area contributed by atoms with Crippen LogP contribution in [0.15, 0.2) is 0 Å². The second kappa shape index (κ2) is 2.83. The molecule has 5 heteroatoms. The van der Waals surface area contributed by atoms with E-state index >= 15 is 0 Å². The molecule has 0 aliphatic carbocycles. The molecule has 2 heterocycles. The maximum absolute atomic E-state index is 11.2. The van der Waals surface area contributed by atoms with Crippen LogP contribution in [0, 0.1) is 13.8 Å². The summed E-state index contributed by atoms with van der Waals surface area (Å²) in [5.41, 5.74) is 0. The van der Waals surface area contributed by atoms with Crippen LogP contribution in [-0.2, 0) is 9.53 Å². The first-order valence-corrected chi connectivity index (χ1v) is 4.25. The average Bonchev–Trinajstić information content (AvgIpc) is 2.58. The summed E-state index contributed by atoms with van der Waals surface area (Å²) in [4.78, 5) is 15.4. The minimum Gasteiger partial charge on any atom is -0.464 e. The zero-order valence-corrected chi connectivity index (χ0v) is 7.65. The van der Waals surface area contributed by atoms with Crippen LogP contribution >= 0.6 is 0 Å². The average molecular weight is 181 g/mol. The van der Waals surface area contributed by atoms with Crippen molar-refractivity contribution in [2.24, 2.45) is 0 Å². The number of rotatable bonds is 1. The Labute approximate surface area is 75.7 Å². The highest BCUT2D eigenvalue weighted by Crippen LogP contribution is 2.20. The van der Waals surface area contributed by atoms with Gasteiger partial charge >= 0.3 is 5.97 Å². The number of esters is 1. The molecule has 0 bridgehead atoms. The summed E-state index contributed by atoms with van der Waals surface area (Å²) in [6.07, 6.45) is 0.697. The lowest BCUT2D eigenvalue weighted by Gasteiger charge is -2.06. The fourth-order valence-corrected chi connectivity index (χ4v) is 1.54.